The summed E-state index contributed by atoms with van der Waals surface area (Å²) in [5.74, 6) is -0.166. The third-order valence-electron chi connectivity index (χ3n) is 13.6. The zero-order valence-electron chi connectivity index (χ0n) is 46.5. The van der Waals surface area contributed by atoms with Crippen molar-refractivity contribution in [2.24, 2.45) is 0 Å². The number of unbranched alkanes of at least 4 members (excludes halogenated alkanes) is 36. The number of phosphoric ester groups is 1. The van der Waals surface area contributed by atoms with E-state index in [1.54, 1.807) is 0 Å². The van der Waals surface area contributed by atoms with E-state index in [-0.39, 0.29) is 19.1 Å². The molecule has 0 radical (unpaired) electrons. The Hall–Kier alpha value is -1.28. The van der Waals surface area contributed by atoms with Crippen LogP contribution in [0.25, 0.3) is 0 Å². The summed E-state index contributed by atoms with van der Waals surface area (Å²) in [5.41, 5.74) is 0. The Morgan fingerprint density at radius 2 is 0.841 bits per heavy atom. The quantitative estimate of drug-likeness (QED) is 0.0272. The van der Waals surface area contributed by atoms with Crippen LogP contribution in [-0.2, 0) is 18.4 Å². The maximum Gasteiger partial charge on any atom is 0.268 e. The molecule has 9 heteroatoms. The lowest BCUT2D eigenvalue weighted by Gasteiger charge is -2.30. The van der Waals surface area contributed by atoms with Crippen LogP contribution in [0.15, 0.2) is 36.5 Å². The molecule has 0 fully saturated rings. The van der Waals surface area contributed by atoms with Crippen molar-refractivity contribution in [3.63, 3.8) is 0 Å². The summed E-state index contributed by atoms with van der Waals surface area (Å²) in [5, 5.41) is 14.0. The van der Waals surface area contributed by atoms with Crippen molar-refractivity contribution >= 4 is 13.7 Å². The second-order valence-electron chi connectivity index (χ2n) is 21.7. The van der Waals surface area contributed by atoms with E-state index in [4.69, 9.17) is 9.05 Å². The predicted octanol–water partition coefficient (Wildman–Crippen LogP) is 17.5. The Morgan fingerprint density at radius 3 is 1.22 bits per heavy atom. The first-order valence-electron chi connectivity index (χ1n) is 29.8. The molecule has 8 nitrogen and oxygen atoms in total. The molecule has 1 amide bonds. The third-order valence-corrected chi connectivity index (χ3v) is 14.6. The maximum atomic E-state index is 13.0. The number of allylic oxidation sites excluding steroid dienone is 6. The average molecular weight is 994 g/mol. The molecular weight excluding hydrogens is 876 g/mol. The number of phosphoric acid groups is 1. The maximum absolute atomic E-state index is 13.0. The Kier molecular flexibility index (Phi) is 50.7. The molecule has 0 aliphatic rings. The van der Waals surface area contributed by atoms with Crippen LogP contribution in [0.4, 0.5) is 0 Å². The highest BCUT2D eigenvalue weighted by Crippen LogP contribution is 2.38. The van der Waals surface area contributed by atoms with Crippen molar-refractivity contribution < 1.29 is 32.9 Å². The van der Waals surface area contributed by atoms with E-state index in [0.29, 0.717) is 23.9 Å². The molecule has 0 aliphatic heterocycles. The van der Waals surface area contributed by atoms with Crippen molar-refractivity contribution in [2.75, 3.05) is 40.9 Å². The van der Waals surface area contributed by atoms with Crippen molar-refractivity contribution in [2.45, 2.75) is 302 Å². The lowest BCUT2D eigenvalue weighted by atomic mass is 10.0. The van der Waals surface area contributed by atoms with Gasteiger partial charge in [0.2, 0.25) is 5.91 Å². The highest BCUT2D eigenvalue weighted by atomic mass is 31.2. The van der Waals surface area contributed by atoms with Crippen molar-refractivity contribution in [3.05, 3.63) is 36.5 Å². The number of nitrogens with zero attached hydrogens (tertiary/aromatic N) is 1. The number of quaternary nitrogens is 1. The Morgan fingerprint density at radius 1 is 0.507 bits per heavy atom. The Bertz CT molecular complexity index is 1220. The number of likely N-dealkylation sites (N-methyl/N-ethyl adjacent to an activating group) is 1. The zero-order valence-corrected chi connectivity index (χ0v) is 47.4. The van der Waals surface area contributed by atoms with Gasteiger partial charge in [0.15, 0.2) is 0 Å². The van der Waals surface area contributed by atoms with Crippen LogP contribution >= 0.6 is 7.82 Å². The lowest BCUT2D eigenvalue weighted by molar-refractivity contribution is -0.870. The van der Waals surface area contributed by atoms with Gasteiger partial charge in [-0.25, -0.2) is 0 Å². The fourth-order valence-electron chi connectivity index (χ4n) is 8.93. The van der Waals surface area contributed by atoms with E-state index in [1.807, 2.05) is 21.1 Å². The van der Waals surface area contributed by atoms with Gasteiger partial charge >= 0.3 is 0 Å². The number of amides is 1. The Balaban J connectivity index is 4.16. The van der Waals surface area contributed by atoms with E-state index in [0.717, 1.165) is 51.4 Å². The molecule has 0 aromatic carbocycles. The summed E-state index contributed by atoms with van der Waals surface area (Å²) in [7, 11) is 1.31. The molecule has 0 aromatic rings. The van der Waals surface area contributed by atoms with Gasteiger partial charge < -0.3 is 28.8 Å². The third kappa shape index (κ3) is 54.3. The first kappa shape index (κ1) is 67.7. The monoisotopic (exact) mass is 993 g/mol. The van der Waals surface area contributed by atoms with Gasteiger partial charge in [-0.05, 0) is 51.4 Å². The average Bonchev–Trinajstić information content (AvgIpc) is 3.31. The number of aliphatic hydroxyl groups excluding tert-OH is 1. The predicted molar refractivity (Wildman–Crippen MR) is 298 cm³/mol. The molecule has 0 spiro atoms. The van der Waals surface area contributed by atoms with Gasteiger partial charge in [-0.2, -0.15) is 0 Å². The number of aliphatic hydroxyl groups is 1. The molecule has 0 heterocycles. The fourth-order valence-corrected chi connectivity index (χ4v) is 9.66. The van der Waals surface area contributed by atoms with Gasteiger partial charge in [-0.15, -0.1) is 0 Å². The summed E-state index contributed by atoms with van der Waals surface area (Å²) < 4.78 is 23.4. The standard InChI is InChI=1S/C60H117N2O6P/c1-6-8-10-12-14-16-18-20-22-24-26-28-30-31-32-34-36-38-40-42-44-46-48-50-52-54-60(64)61-58(57-68-69(65,66)67-56-55-62(3,4)5)59(63)53-51-49-47-45-43-41-39-37-35-33-29-27-25-23-21-19-17-15-13-11-9-7-2/h18,20,24,26,30-31,58-59,63H,6-17,19,21-23,25,27-29,32-57H2,1-5H3,(H-,61,64,65,66)/b20-18-,26-24-,31-30-. The van der Waals surface area contributed by atoms with Crippen molar-refractivity contribution in [1.29, 1.82) is 0 Å². The molecule has 0 saturated heterocycles. The SMILES string of the molecule is CCCCCCC/C=C\C/C=C\C/C=C\CCCCCCCCCCCCC(=O)NC(COP(=O)([O-])OCC[N+](C)(C)C)C(O)CCCCCCCCCCCCCCCCCCCCCCCC. The summed E-state index contributed by atoms with van der Waals surface area (Å²) >= 11 is 0. The number of nitrogens with one attached hydrogen (secondary N) is 1. The van der Waals surface area contributed by atoms with Crippen LogP contribution in [0.5, 0.6) is 0 Å². The van der Waals surface area contributed by atoms with Gasteiger partial charge in [0, 0.05) is 6.42 Å². The van der Waals surface area contributed by atoms with E-state index < -0.39 is 20.0 Å². The first-order valence-corrected chi connectivity index (χ1v) is 31.3. The van der Waals surface area contributed by atoms with E-state index >= 15 is 0 Å². The second kappa shape index (κ2) is 51.6. The molecule has 0 saturated carbocycles. The molecule has 0 rings (SSSR count). The summed E-state index contributed by atoms with van der Waals surface area (Å²) in [6.07, 6.45) is 66.0. The second-order valence-corrected chi connectivity index (χ2v) is 23.1. The van der Waals surface area contributed by atoms with Crippen LogP contribution in [0.3, 0.4) is 0 Å². The molecule has 0 aromatic heterocycles. The number of rotatable bonds is 55. The largest absolute Gasteiger partial charge is 0.756 e. The molecule has 0 aliphatic carbocycles. The molecule has 3 unspecified atom stereocenters. The van der Waals surface area contributed by atoms with Crippen LogP contribution < -0.4 is 10.2 Å². The smallest absolute Gasteiger partial charge is 0.268 e. The fraction of sp³-hybridized carbons (Fsp3) is 0.883. The van der Waals surface area contributed by atoms with Crippen LogP contribution in [0, 0.1) is 0 Å². The van der Waals surface area contributed by atoms with Crippen LogP contribution in [0.2, 0.25) is 0 Å². The van der Waals surface area contributed by atoms with Gasteiger partial charge in [-0.3, -0.25) is 9.36 Å². The lowest BCUT2D eigenvalue weighted by Crippen LogP contribution is -2.46. The summed E-state index contributed by atoms with van der Waals surface area (Å²) in [6.45, 7) is 4.74. The van der Waals surface area contributed by atoms with E-state index in [1.165, 1.54) is 212 Å². The van der Waals surface area contributed by atoms with Crippen molar-refractivity contribution in [3.8, 4) is 0 Å². The summed E-state index contributed by atoms with van der Waals surface area (Å²) in [6, 6.07) is -0.804. The molecular formula is C60H117N2O6P. The molecule has 3 atom stereocenters. The topological polar surface area (TPSA) is 108 Å². The minimum Gasteiger partial charge on any atom is -0.756 e. The molecule has 408 valence electrons. The van der Waals surface area contributed by atoms with Crippen LogP contribution in [0.1, 0.15) is 290 Å². The number of carbonyl (C=O) groups is 1. The number of hydrogen-bond donors (Lipinski definition) is 2. The van der Waals surface area contributed by atoms with Crippen molar-refractivity contribution in [1.82, 2.24) is 5.32 Å². The number of hydrogen-bond acceptors (Lipinski definition) is 6. The zero-order chi connectivity index (χ0) is 50.6. The minimum absolute atomic E-state index is 0.0116. The van der Waals surface area contributed by atoms with Gasteiger partial charge in [0.25, 0.3) is 7.82 Å². The molecule has 0 bridgehead atoms. The first-order chi connectivity index (χ1) is 33.5. The van der Waals surface area contributed by atoms with Gasteiger partial charge in [0.05, 0.1) is 39.9 Å². The minimum atomic E-state index is -4.58. The van der Waals surface area contributed by atoms with Gasteiger partial charge in [-0.1, -0.05) is 269 Å². The molecule has 69 heavy (non-hydrogen) atoms. The number of carbonyl (C=O) groups excluding carboxylic acids is 1. The highest BCUT2D eigenvalue weighted by Gasteiger charge is 2.24. The molecule has 2 N–H and O–H groups in total. The van der Waals surface area contributed by atoms with Crippen LogP contribution in [-0.4, -0.2) is 68.5 Å². The van der Waals surface area contributed by atoms with Gasteiger partial charge in [0.1, 0.15) is 13.2 Å². The van der Waals surface area contributed by atoms with E-state index in [2.05, 4.69) is 55.6 Å². The normalized spacial score (nSPS) is 14.1. The Labute approximate surface area is 429 Å². The van der Waals surface area contributed by atoms with E-state index in [9.17, 15) is 19.4 Å². The highest BCUT2D eigenvalue weighted by molar-refractivity contribution is 7.45. The summed E-state index contributed by atoms with van der Waals surface area (Å²) in [4.78, 5) is 25.6.